The highest BCUT2D eigenvalue weighted by molar-refractivity contribution is 6.31. The quantitative estimate of drug-likeness (QED) is 0.746. The van der Waals surface area contributed by atoms with Crippen LogP contribution in [0.25, 0.3) is 10.9 Å². The summed E-state index contributed by atoms with van der Waals surface area (Å²) in [5, 5.41) is 6.12. The van der Waals surface area contributed by atoms with E-state index >= 15 is 0 Å². The predicted octanol–water partition coefficient (Wildman–Crippen LogP) is 2.58. The molecule has 1 saturated heterocycles. The van der Waals surface area contributed by atoms with Gasteiger partial charge in [-0.25, -0.2) is 8.78 Å². The lowest BCUT2D eigenvalue weighted by Gasteiger charge is -2.23. The Balaban J connectivity index is 1.86. The molecule has 0 radical (unpaired) electrons. The molecule has 1 fully saturated rings. The second-order valence-electron chi connectivity index (χ2n) is 5.15. The zero-order chi connectivity index (χ0) is 15.0. The van der Waals surface area contributed by atoms with Gasteiger partial charge in [0, 0.05) is 18.0 Å². The first-order valence-electron chi connectivity index (χ1n) is 6.74. The van der Waals surface area contributed by atoms with E-state index in [0.717, 1.165) is 19.4 Å². The molecule has 1 aromatic heterocycles. The van der Waals surface area contributed by atoms with Crippen molar-refractivity contribution >= 4 is 28.4 Å². The monoisotopic (exact) mass is 313 g/mol. The van der Waals surface area contributed by atoms with Crippen molar-refractivity contribution in [1.82, 2.24) is 15.6 Å². The number of hydrogen-bond acceptors (Lipinski definition) is 2. The van der Waals surface area contributed by atoms with Crippen molar-refractivity contribution in [2.45, 2.75) is 18.9 Å². The van der Waals surface area contributed by atoms with Crippen molar-refractivity contribution in [1.29, 1.82) is 0 Å². The summed E-state index contributed by atoms with van der Waals surface area (Å²) in [6.07, 6.45) is 1.89. The lowest BCUT2D eigenvalue weighted by atomic mass is 10.1. The molecule has 0 saturated carbocycles. The molecule has 1 amide bonds. The molecule has 0 unspecified atom stereocenters. The Hall–Kier alpha value is -1.66. The number of H-pyrrole nitrogens is 1. The van der Waals surface area contributed by atoms with Crippen molar-refractivity contribution in [2.75, 3.05) is 13.1 Å². The summed E-state index contributed by atoms with van der Waals surface area (Å²) in [5.41, 5.74) is 0.139. The molecular weight excluding hydrogens is 300 g/mol. The van der Waals surface area contributed by atoms with Crippen molar-refractivity contribution in [3.63, 3.8) is 0 Å². The molecule has 1 aliphatic rings. The standard InChI is InChI=1S/C14H14ClF2N3O/c15-9-4-7-5-10(20-13(7)12(17)11(9)16)14(21)19-8-2-1-3-18-6-8/h4-5,8,18,20H,1-3,6H2,(H,19,21)/t8-/m1/s1. The molecule has 0 spiro atoms. The number of halogens is 3. The number of carbonyl (C=O) groups is 1. The smallest absolute Gasteiger partial charge is 0.267 e. The summed E-state index contributed by atoms with van der Waals surface area (Å²) in [6.45, 7) is 1.66. The van der Waals surface area contributed by atoms with Gasteiger partial charge in [0.2, 0.25) is 0 Å². The normalized spacial score (nSPS) is 18.9. The van der Waals surface area contributed by atoms with Crippen LogP contribution in [0.1, 0.15) is 23.3 Å². The Kier molecular flexibility index (Phi) is 3.82. The second-order valence-corrected chi connectivity index (χ2v) is 5.56. The van der Waals surface area contributed by atoms with Gasteiger partial charge in [-0.05, 0) is 31.5 Å². The summed E-state index contributed by atoms with van der Waals surface area (Å²) in [4.78, 5) is 14.8. The summed E-state index contributed by atoms with van der Waals surface area (Å²) < 4.78 is 27.2. The predicted molar refractivity (Wildman–Crippen MR) is 76.6 cm³/mol. The highest BCUT2D eigenvalue weighted by Crippen LogP contribution is 2.27. The van der Waals surface area contributed by atoms with Crippen LogP contribution in [0.5, 0.6) is 0 Å². The van der Waals surface area contributed by atoms with E-state index in [1.54, 1.807) is 0 Å². The first-order valence-corrected chi connectivity index (χ1v) is 7.12. The Morgan fingerprint density at radius 2 is 2.14 bits per heavy atom. The highest BCUT2D eigenvalue weighted by Gasteiger charge is 2.20. The second kappa shape index (κ2) is 5.61. The molecule has 3 rings (SSSR count). The first kappa shape index (κ1) is 14.3. The molecular formula is C14H14ClF2N3O. The number of piperidine rings is 1. The van der Waals surface area contributed by atoms with E-state index in [9.17, 15) is 13.6 Å². The third-order valence-corrected chi connectivity index (χ3v) is 3.90. The van der Waals surface area contributed by atoms with E-state index < -0.39 is 11.6 Å². The maximum Gasteiger partial charge on any atom is 0.267 e. The Morgan fingerprint density at radius 3 is 2.86 bits per heavy atom. The first-order chi connectivity index (χ1) is 10.1. The molecule has 2 heterocycles. The Morgan fingerprint density at radius 1 is 1.33 bits per heavy atom. The van der Waals surface area contributed by atoms with Crippen molar-refractivity contribution in [3.8, 4) is 0 Å². The average Bonchev–Trinajstić information content (AvgIpc) is 2.90. The van der Waals surface area contributed by atoms with Gasteiger partial charge in [-0.3, -0.25) is 4.79 Å². The Labute approximate surface area is 124 Å². The van der Waals surface area contributed by atoms with E-state index in [0.29, 0.717) is 11.9 Å². The maximum absolute atomic E-state index is 13.8. The zero-order valence-electron chi connectivity index (χ0n) is 11.1. The fraction of sp³-hybridized carbons (Fsp3) is 0.357. The van der Waals surface area contributed by atoms with Crippen LogP contribution in [0.4, 0.5) is 8.78 Å². The van der Waals surface area contributed by atoms with Gasteiger partial charge >= 0.3 is 0 Å². The minimum atomic E-state index is -1.12. The molecule has 3 N–H and O–H groups in total. The number of amides is 1. The zero-order valence-corrected chi connectivity index (χ0v) is 11.9. The lowest BCUT2D eigenvalue weighted by molar-refractivity contribution is 0.0926. The summed E-state index contributed by atoms with van der Waals surface area (Å²) in [5.74, 6) is -2.53. The number of aromatic amines is 1. The molecule has 2 aromatic rings. The number of benzene rings is 1. The van der Waals surface area contributed by atoms with Gasteiger partial charge < -0.3 is 15.6 Å². The van der Waals surface area contributed by atoms with Crippen molar-refractivity contribution in [2.24, 2.45) is 0 Å². The van der Waals surface area contributed by atoms with Gasteiger partial charge in [0.1, 0.15) is 5.69 Å². The third-order valence-electron chi connectivity index (χ3n) is 3.63. The molecule has 1 atom stereocenters. The highest BCUT2D eigenvalue weighted by atomic mass is 35.5. The van der Waals surface area contributed by atoms with Gasteiger partial charge in [0.15, 0.2) is 11.6 Å². The number of carbonyl (C=O) groups excluding carboxylic acids is 1. The van der Waals surface area contributed by atoms with E-state index in [-0.39, 0.29) is 28.2 Å². The van der Waals surface area contributed by atoms with Crippen LogP contribution in [-0.2, 0) is 0 Å². The summed E-state index contributed by atoms with van der Waals surface area (Å²) in [6, 6.07) is 2.81. The third kappa shape index (κ3) is 2.73. The van der Waals surface area contributed by atoms with Gasteiger partial charge in [0.05, 0.1) is 10.5 Å². The van der Waals surface area contributed by atoms with Crippen LogP contribution in [0.15, 0.2) is 12.1 Å². The largest absolute Gasteiger partial charge is 0.348 e. The number of fused-ring (bicyclic) bond motifs is 1. The average molecular weight is 314 g/mol. The minimum Gasteiger partial charge on any atom is -0.348 e. The number of hydrogen-bond donors (Lipinski definition) is 3. The van der Waals surface area contributed by atoms with Gasteiger partial charge in [-0.1, -0.05) is 11.6 Å². The molecule has 0 aliphatic carbocycles. The van der Waals surface area contributed by atoms with Crippen molar-refractivity contribution < 1.29 is 13.6 Å². The van der Waals surface area contributed by atoms with Gasteiger partial charge in [-0.2, -0.15) is 0 Å². The van der Waals surface area contributed by atoms with Gasteiger partial charge in [0.25, 0.3) is 5.91 Å². The molecule has 4 nitrogen and oxygen atoms in total. The Bertz CT molecular complexity index is 695. The summed E-state index contributed by atoms with van der Waals surface area (Å²) >= 11 is 5.60. The van der Waals surface area contributed by atoms with Crippen LogP contribution in [0, 0.1) is 11.6 Å². The minimum absolute atomic E-state index is 0.0443. The number of nitrogens with one attached hydrogen (secondary N) is 3. The lowest BCUT2D eigenvalue weighted by Crippen LogP contribution is -2.45. The van der Waals surface area contributed by atoms with E-state index in [2.05, 4.69) is 15.6 Å². The van der Waals surface area contributed by atoms with E-state index in [4.69, 9.17) is 11.6 Å². The molecule has 7 heteroatoms. The number of aromatic nitrogens is 1. The van der Waals surface area contributed by atoms with Crippen molar-refractivity contribution in [3.05, 3.63) is 34.5 Å². The van der Waals surface area contributed by atoms with Crippen LogP contribution in [0.2, 0.25) is 5.02 Å². The molecule has 112 valence electrons. The number of rotatable bonds is 2. The van der Waals surface area contributed by atoms with Crippen LogP contribution < -0.4 is 10.6 Å². The fourth-order valence-corrected chi connectivity index (χ4v) is 2.74. The topological polar surface area (TPSA) is 56.9 Å². The molecule has 0 bridgehead atoms. The molecule has 1 aliphatic heterocycles. The van der Waals surface area contributed by atoms with Crippen LogP contribution in [0.3, 0.4) is 0 Å². The van der Waals surface area contributed by atoms with Crippen LogP contribution >= 0.6 is 11.6 Å². The molecule has 1 aromatic carbocycles. The molecule has 21 heavy (non-hydrogen) atoms. The van der Waals surface area contributed by atoms with E-state index in [1.807, 2.05) is 0 Å². The van der Waals surface area contributed by atoms with E-state index in [1.165, 1.54) is 12.1 Å². The maximum atomic E-state index is 13.8. The summed E-state index contributed by atoms with van der Waals surface area (Å²) in [7, 11) is 0. The fourth-order valence-electron chi connectivity index (χ4n) is 2.54. The van der Waals surface area contributed by atoms with Gasteiger partial charge in [-0.15, -0.1) is 0 Å². The SMILES string of the molecule is O=C(N[C@@H]1CCCNC1)c1cc2cc(Cl)c(F)c(F)c2[nH]1. The van der Waals surface area contributed by atoms with Crippen LogP contribution in [-0.4, -0.2) is 30.0 Å².